The minimum atomic E-state index is -3.93. The van der Waals surface area contributed by atoms with E-state index >= 15 is 0 Å². The van der Waals surface area contributed by atoms with Crippen molar-refractivity contribution in [1.82, 2.24) is 10.2 Å². The van der Waals surface area contributed by atoms with Crippen LogP contribution in [0.4, 0.5) is 14.5 Å². The van der Waals surface area contributed by atoms with Crippen LogP contribution in [-0.2, 0) is 26.2 Å². The number of nitrogens with one attached hydrogen (secondary N) is 1. The molecule has 0 radical (unpaired) electrons. The van der Waals surface area contributed by atoms with E-state index in [0.29, 0.717) is 0 Å². The molecule has 0 fully saturated rings. The lowest BCUT2D eigenvalue weighted by molar-refractivity contribution is -0.140. The number of sulfonamides is 1. The van der Waals surface area contributed by atoms with E-state index in [-0.39, 0.29) is 17.8 Å². The Balaban J connectivity index is 2.41. The Kier molecular flexibility index (Phi) is 8.18. The quantitative estimate of drug-likeness (QED) is 0.628. The topological polar surface area (TPSA) is 86.8 Å². The molecule has 0 aliphatic heterocycles. The summed E-state index contributed by atoms with van der Waals surface area (Å²) < 4.78 is 53.3. The highest BCUT2D eigenvalue weighted by Gasteiger charge is 2.31. The van der Waals surface area contributed by atoms with Gasteiger partial charge in [-0.1, -0.05) is 18.2 Å². The summed E-state index contributed by atoms with van der Waals surface area (Å²) in [5.41, 5.74) is -0.316. The maximum atomic E-state index is 14.3. The van der Waals surface area contributed by atoms with Crippen molar-refractivity contribution in [3.63, 3.8) is 0 Å². The van der Waals surface area contributed by atoms with Crippen molar-refractivity contribution < 1.29 is 26.8 Å². The zero-order chi connectivity index (χ0) is 25.0. The van der Waals surface area contributed by atoms with Crippen LogP contribution in [0, 0.1) is 11.6 Å². The number of hydrogen-bond donors (Lipinski definition) is 1. The van der Waals surface area contributed by atoms with Gasteiger partial charge in [0.1, 0.15) is 24.2 Å². The van der Waals surface area contributed by atoms with Crippen molar-refractivity contribution in [1.29, 1.82) is 0 Å². The van der Waals surface area contributed by atoms with Crippen molar-refractivity contribution in [2.45, 2.75) is 45.8 Å². The zero-order valence-corrected chi connectivity index (χ0v) is 20.1. The number of anilines is 1. The Labute approximate surface area is 193 Å². The van der Waals surface area contributed by atoms with Crippen molar-refractivity contribution in [2.24, 2.45) is 0 Å². The van der Waals surface area contributed by atoms with Crippen molar-refractivity contribution >= 4 is 27.5 Å². The molecule has 0 saturated carbocycles. The van der Waals surface area contributed by atoms with Gasteiger partial charge < -0.3 is 10.2 Å². The van der Waals surface area contributed by atoms with Gasteiger partial charge in [-0.2, -0.15) is 0 Å². The molecule has 0 saturated heterocycles. The molecule has 0 aliphatic rings. The third kappa shape index (κ3) is 7.52. The minimum Gasteiger partial charge on any atom is -0.350 e. The summed E-state index contributed by atoms with van der Waals surface area (Å²) in [6, 6.07) is 9.43. The Morgan fingerprint density at radius 1 is 1.03 bits per heavy atom. The highest BCUT2D eigenvalue weighted by atomic mass is 32.2. The van der Waals surface area contributed by atoms with Gasteiger partial charge >= 0.3 is 0 Å². The fraction of sp³-hybridized carbons (Fsp3) is 0.391. The number of rotatable bonds is 8. The van der Waals surface area contributed by atoms with Crippen molar-refractivity contribution in [3.05, 3.63) is 65.7 Å². The summed E-state index contributed by atoms with van der Waals surface area (Å²) in [4.78, 5) is 27.2. The van der Waals surface area contributed by atoms with Gasteiger partial charge in [-0.05, 0) is 58.0 Å². The van der Waals surface area contributed by atoms with Gasteiger partial charge in [0.2, 0.25) is 21.8 Å². The molecule has 7 nitrogen and oxygen atoms in total. The van der Waals surface area contributed by atoms with E-state index in [1.165, 1.54) is 37.3 Å². The first-order valence-corrected chi connectivity index (χ1v) is 12.1. The average Bonchev–Trinajstić information content (AvgIpc) is 2.69. The molecule has 0 bridgehead atoms. The SMILES string of the molecule is C[C@@H](C(=O)NC(C)(C)C)N(Cc1ccccc1F)C(=O)CN(c1ccc(F)cc1)S(C)(=O)=O. The Hall–Kier alpha value is -3.01. The van der Waals surface area contributed by atoms with E-state index in [1.54, 1.807) is 26.8 Å². The average molecular weight is 482 g/mol. The van der Waals surface area contributed by atoms with Gasteiger partial charge in [0, 0.05) is 17.6 Å². The lowest BCUT2D eigenvalue weighted by atomic mass is 10.1. The van der Waals surface area contributed by atoms with E-state index in [2.05, 4.69) is 5.32 Å². The molecular formula is C23H29F2N3O4S. The summed E-state index contributed by atoms with van der Waals surface area (Å²) >= 11 is 0. The molecule has 0 heterocycles. The summed E-state index contributed by atoms with van der Waals surface area (Å²) in [5.74, 6) is -2.31. The second-order valence-electron chi connectivity index (χ2n) is 8.77. The Morgan fingerprint density at radius 3 is 2.12 bits per heavy atom. The molecule has 0 aromatic heterocycles. The molecule has 0 aliphatic carbocycles. The number of carbonyl (C=O) groups excluding carboxylic acids is 2. The van der Waals surface area contributed by atoms with Gasteiger partial charge in [0.25, 0.3) is 0 Å². The van der Waals surface area contributed by atoms with Crippen molar-refractivity contribution in [2.75, 3.05) is 17.1 Å². The summed E-state index contributed by atoms with van der Waals surface area (Å²) in [6.45, 7) is 5.93. The first-order chi connectivity index (χ1) is 15.2. The molecule has 180 valence electrons. The van der Waals surface area contributed by atoms with Crippen LogP contribution in [-0.4, -0.2) is 49.5 Å². The first kappa shape index (κ1) is 26.2. The Morgan fingerprint density at radius 2 is 1.61 bits per heavy atom. The summed E-state index contributed by atoms with van der Waals surface area (Å²) in [5, 5.41) is 2.78. The zero-order valence-electron chi connectivity index (χ0n) is 19.3. The third-order valence-electron chi connectivity index (χ3n) is 4.76. The number of hydrogen-bond acceptors (Lipinski definition) is 4. The largest absolute Gasteiger partial charge is 0.350 e. The van der Waals surface area contributed by atoms with Gasteiger partial charge in [-0.15, -0.1) is 0 Å². The predicted octanol–water partition coefficient (Wildman–Crippen LogP) is 3.06. The predicted molar refractivity (Wildman–Crippen MR) is 123 cm³/mol. The maximum Gasteiger partial charge on any atom is 0.244 e. The molecule has 33 heavy (non-hydrogen) atoms. The number of nitrogens with zero attached hydrogens (tertiary/aromatic N) is 2. The van der Waals surface area contributed by atoms with E-state index in [0.717, 1.165) is 27.6 Å². The highest BCUT2D eigenvalue weighted by Crippen LogP contribution is 2.20. The molecule has 2 aromatic rings. The minimum absolute atomic E-state index is 0.0879. The van der Waals surface area contributed by atoms with E-state index < -0.39 is 51.6 Å². The molecule has 10 heteroatoms. The van der Waals surface area contributed by atoms with E-state index in [4.69, 9.17) is 0 Å². The summed E-state index contributed by atoms with van der Waals surface area (Å²) in [6.07, 6.45) is 0.917. The van der Waals surface area contributed by atoms with Crippen LogP contribution in [0.5, 0.6) is 0 Å². The maximum absolute atomic E-state index is 14.3. The highest BCUT2D eigenvalue weighted by molar-refractivity contribution is 7.92. The smallest absolute Gasteiger partial charge is 0.244 e. The Bertz CT molecular complexity index is 1100. The molecule has 2 rings (SSSR count). The third-order valence-corrected chi connectivity index (χ3v) is 5.90. The van der Waals surface area contributed by atoms with Gasteiger partial charge in [-0.25, -0.2) is 17.2 Å². The number of amides is 2. The fourth-order valence-corrected chi connectivity index (χ4v) is 3.94. The number of benzene rings is 2. The molecule has 2 amide bonds. The van der Waals surface area contributed by atoms with Gasteiger partial charge in [-0.3, -0.25) is 13.9 Å². The monoisotopic (exact) mass is 481 g/mol. The molecular weight excluding hydrogens is 452 g/mol. The second-order valence-corrected chi connectivity index (χ2v) is 10.7. The standard InChI is InChI=1S/C23H29F2N3O4S/c1-16(22(30)26-23(2,3)4)27(14-17-8-6-7-9-20(17)25)21(29)15-28(33(5,31)32)19-12-10-18(24)11-13-19/h6-13,16H,14-15H2,1-5H3,(H,26,30)/t16-/m0/s1. The van der Waals surface area contributed by atoms with Crippen LogP contribution >= 0.6 is 0 Å². The van der Waals surface area contributed by atoms with Crippen LogP contribution in [0.3, 0.4) is 0 Å². The second kappa shape index (κ2) is 10.3. The van der Waals surface area contributed by atoms with Gasteiger partial charge in [0.05, 0.1) is 11.9 Å². The molecule has 1 atom stereocenters. The molecule has 2 aromatic carbocycles. The molecule has 1 N–H and O–H groups in total. The van der Waals surface area contributed by atoms with Crippen LogP contribution in [0.15, 0.2) is 48.5 Å². The molecule has 0 unspecified atom stereocenters. The lowest BCUT2D eigenvalue weighted by Crippen LogP contribution is -2.54. The summed E-state index contributed by atoms with van der Waals surface area (Å²) in [7, 11) is -3.93. The lowest BCUT2D eigenvalue weighted by Gasteiger charge is -2.33. The van der Waals surface area contributed by atoms with E-state index in [9.17, 15) is 26.8 Å². The van der Waals surface area contributed by atoms with Crippen molar-refractivity contribution in [3.8, 4) is 0 Å². The number of halogens is 2. The number of carbonyl (C=O) groups is 2. The normalized spacial score (nSPS) is 12.7. The van der Waals surface area contributed by atoms with Crippen LogP contribution in [0.1, 0.15) is 33.3 Å². The van der Waals surface area contributed by atoms with Crippen LogP contribution in [0.2, 0.25) is 0 Å². The van der Waals surface area contributed by atoms with E-state index in [1.807, 2.05) is 0 Å². The fourth-order valence-electron chi connectivity index (χ4n) is 3.09. The van der Waals surface area contributed by atoms with Crippen LogP contribution < -0.4 is 9.62 Å². The molecule has 0 spiro atoms. The first-order valence-electron chi connectivity index (χ1n) is 10.3. The van der Waals surface area contributed by atoms with Crippen LogP contribution in [0.25, 0.3) is 0 Å². The van der Waals surface area contributed by atoms with Gasteiger partial charge in [0.15, 0.2) is 0 Å².